The number of rotatable bonds is 3. The van der Waals surface area contributed by atoms with Gasteiger partial charge >= 0.3 is 0 Å². The molecule has 1 aromatic rings. The molecule has 1 N–H and O–H groups in total. The van der Waals surface area contributed by atoms with Gasteiger partial charge in [0, 0.05) is 35.7 Å². The van der Waals surface area contributed by atoms with Gasteiger partial charge in [0.15, 0.2) is 0 Å². The van der Waals surface area contributed by atoms with Crippen LogP contribution in [0, 0.1) is 5.92 Å². The minimum Gasteiger partial charge on any atom is -0.312 e. The second-order valence-corrected chi connectivity index (χ2v) is 7.53. The van der Waals surface area contributed by atoms with E-state index in [4.69, 9.17) is 0 Å². The van der Waals surface area contributed by atoms with E-state index in [-0.39, 0.29) is 0 Å². The quantitative estimate of drug-likeness (QED) is 0.920. The van der Waals surface area contributed by atoms with Crippen molar-refractivity contribution >= 4 is 11.8 Å². The van der Waals surface area contributed by atoms with Crippen LogP contribution in [-0.2, 0) is 0 Å². The van der Waals surface area contributed by atoms with Crippen molar-refractivity contribution in [2.45, 2.75) is 37.1 Å². The molecule has 1 fully saturated rings. The van der Waals surface area contributed by atoms with E-state index in [2.05, 4.69) is 48.3 Å². The minimum absolute atomic E-state index is 0.654. The van der Waals surface area contributed by atoms with E-state index in [0.29, 0.717) is 6.04 Å². The van der Waals surface area contributed by atoms with E-state index in [1.165, 1.54) is 43.2 Å². The average molecular weight is 290 g/mol. The van der Waals surface area contributed by atoms with Gasteiger partial charge in [0.05, 0.1) is 0 Å². The summed E-state index contributed by atoms with van der Waals surface area (Å²) in [5.74, 6) is 2.71. The van der Waals surface area contributed by atoms with Crippen molar-refractivity contribution in [2.75, 3.05) is 31.9 Å². The van der Waals surface area contributed by atoms with Crippen molar-refractivity contribution < 1.29 is 0 Å². The number of hydrogen-bond donors (Lipinski definition) is 1. The Morgan fingerprint density at radius 3 is 3.05 bits per heavy atom. The van der Waals surface area contributed by atoms with Gasteiger partial charge in [-0.1, -0.05) is 32.0 Å². The first kappa shape index (κ1) is 14.4. The van der Waals surface area contributed by atoms with Gasteiger partial charge in [-0.3, -0.25) is 0 Å². The molecule has 0 spiro atoms. The van der Waals surface area contributed by atoms with E-state index in [9.17, 15) is 0 Å². The first-order chi connectivity index (χ1) is 9.74. The SMILES string of the molecule is CC(C)C1CN(CC2CSc3ccccc32)CCCN1. The molecule has 3 rings (SSSR count). The first-order valence-corrected chi connectivity index (χ1v) is 8.90. The first-order valence-electron chi connectivity index (χ1n) is 7.91. The molecule has 3 heteroatoms. The van der Waals surface area contributed by atoms with Gasteiger partial charge in [-0.2, -0.15) is 0 Å². The molecule has 110 valence electrons. The van der Waals surface area contributed by atoms with Gasteiger partial charge in [-0.15, -0.1) is 11.8 Å². The van der Waals surface area contributed by atoms with E-state index >= 15 is 0 Å². The second kappa shape index (κ2) is 6.50. The lowest BCUT2D eigenvalue weighted by atomic mass is 9.99. The predicted octanol–water partition coefficient (Wildman–Crippen LogP) is 3.20. The summed E-state index contributed by atoms with van der Waals surface area (Å²) in [6.07, 6.45) is 1.28. The third-order valence-corrected chi connectivity index (χ3v) is 5.85. The molecule has 1 saturated heterocycles. The Morgan fingerprint density at radius 1 is 1.35 bits per heavy atom. The van der Waals surface area contributed by atoms with Crippen LogP contribution in [0.2, 0.25) is 0 Å². The molecule has 0 saturated carbocycles. The summed E-state index contributed by atoms with van der Waals surface area (Å²) in [5.41, 5.74) is 1.58. The fourth-order valence-corrected chi connectivity index (χ4v) is 4.57. The van der Waals surface area contributed by atoms with Crippen LogP contribution in [0.4, 0.5) is 0 Å². The molecule has 2 nitrogen and oxygen atoms in total. The van der Waals surface area contributed by atoms with E-state index in [1.54, 1.807) is 5.56 Å². The third kappa shape index (κ3) is 3.21. The van der Waals surface area contributed by atoms with Crippen molar-refractivity contribution in [1.29, 1.82) is 0 Å². The Balaban J connectivity index is 1.65. The average Bonchev–Trinajstić information content (AvgIpc) is 2.69. The lowest BCUT2D eigenvalue weighted by Crippen LogP contribution is -2.42. The zero-order chi connectivity index (χ0) is 13.9. The van der Waals surface area contributed by atoms with Crippen molar-refractivity contribution in [3.05, 3.63) is 29.8 Å². The summed E-state index contributed by atoms with van der Waals surface area (Å²) < 4.78 is 0. The number of hydrogen-bond acceptors (Lipinski definition) is 3. The highest BCUT2D eigenvalue weighted by molar-refractivity contribution is 7.99. The maximum absolute atomic E-state index is 3.71. The largest absolute Gasteiger partial charge is 0.312 e. The van der Waals surface area contributed by atoms with E-state index < -0.39 is 0 Å². The summed E-state index contributed by atoms with van der Waals surface area (Å²) in [7, 11) is 0. The molecule has 0 bridgehead atoms. The van der Waals surface area contributed by atoms with Gasteiger partial charge in [0.25, 0.3) is 0 Å². The van der Waals surface area contributed by atoms with Crippen LogP contribution in [0.25, 0.3) is 0 Å². The number of benzene rings is 1. The maximum atomic E-state index is 3.71. The number of fused-ring (bicyclic) bond motifs is 1. The van der Waals surface area contributed by atoms with Crippen molar-refractivity contribution in [2.24, 2.45) is 5.92 Å². The normalized spacial score (nSPS) is 27.6. The van der Waals surface area contributed by atoms with Crippen LogP contribution >= 0.6 is 11.8 Å². The topological polar surface area (TPSA) is 15.3 Å². The van der Waals surface area contributed by atoms with Crippen LogP contribution < -0.4 is 5.32 Å². The zero-order valence-electron chi connectivity index (χ0n) is 12.6. The van der Waals surface area contributed by atoms with Crippen molar-refractivity contribution in [3.8, 4) is 0 Å². The Bertz CT molecular complexity index is 446. The summed E-state index contributed by atoms with van der Waals surface area (Å²) in [6, 6.07) is 9.62. The summed E-state index contributed by atoms with van der Waals surface area (Å²) >= 11 is 2.03. The highest BCUT2D eigenvalue weighted by atomic mass is 32.2. The lowest BCUT2D eigenvalue weighted by Gasteiger charge is -2.28. The minimum atomic E-state index is 0.654. The van der Waals surface area contributed by atoms with Crippen molar-refractivity contribution in [3.63, 3.8) is 0 Å². The van der Waals surface area contributed by atoms with Gasteiger partial charge in [0.2, 0.25) is 0 Å². The Labute approximate surface area is 127 Å². The summed E-state index contributed by atoms with van der Waals surface area (Å²) in [6.45, 7) is 9.54. The number of nitrogens with zero attached hydrogens (tertiary/aromatic N) is 1. The maximum Gasteiger partial charge on any atom is 0.0217 e. The molecule has 0 amide bonds. The molecule has 0 radical (unpaired) electrons. The molecule has 0 aromatic heterocycles. The van der Waals surface area contributed by atoms with E-state index in [0.717, 1.165) is 11.8 Å². The standard InChI is InChI=1S/C17H26N2S/c1-13(2)16-11-19(9-5-8-18-16)10-14-12-20-17-7-4-3-6-15(14)17/h3-4,6-7,13-14,16,18H,5,8-12H2,1-2H3. The van der Waals surface area contributed by atoms with E-state index in [1.807, 2.05) is 11.8 Å². The predicted molar refractivity (Wildman–Crippen MR) is 87.6 cm³/mol. The van der Waals surface area contributed by atoms with Crippen LogP contribution in [0.3, 0.4) is 0 Å². The summed E-state index contributed by atoms with van der Waals surface area (Å²) in [5, 5.41) is 3.71. The monoisotopic (exact) mass is 290 g/mol. The second-order valence-electron chi connectivity index (χ2n) is 6.46. The Kier molecular flexibility index (Phi) is 4.69. The van der Waals surface area contributed by atoms with Crippen LogP contribution in [0.15, 0.2) is 29.2 Å². The van der Waals surface area contributed by atoms with Gasteiger partial charge in [-0.05, 0) is 37.1 Å². The molecular formula is C17H26N2S. The fourth-order valence-electron chi connectivity index (χ4n) is 3.33. The van der Waals surface area contributed by atoms with Crippen LogP contribution in [0.1, 0.15) is 31.7 Å². The Morgan fingerprint density at radius 2 is 2.20 bits per heavy atom. The van der Waals surface area contributed by atoms with Crippen LogP contribution in [0.5, 0.6) is 0 Å². The third-order valence-electron chi connectivity index (χ3n) is 4.59. The summed E-state index contributed by atoms with van der Waals surface area (Å²) in [4.78, 5) is 4.20. The number of nitrogens with one attached hydrogen (secondary N) is 1. The molecule has 2 atom stereocenters. The molecule has 0 aliphatic carbocycles. The molecule has 1 aromatic carbocycles. The smallest absolute Gasteiger partial charge is 0.0217 e. The lowest BCUT2D eigenvalue weighted by molar-refractivity contribution is 0.237. The highest BCUT2D eigenvalue weighted by Gasteiger charge is 2.27. The van der Waals surface area contributed by atoms with Crippen molar-refractivity contribution in [1.82, 2.24) is 10.2 Å². The van der Waals surface area contributed by atoms with Crippen LogP contribution in [-0.4, -0.2) is 42.9 Å². The molecule has 2 aliphatic heterocycles. The molecular weight excluding hydrogens is 264 g/mol. The van der Waals surface area contributed by atoms with Gasteiger partial charge < -0.3 is 10.2 Å². The zero-order valence-corrected chi connectivity index (χ0v) is 13.5. The molecule has 2 unspecified atom stereocenters. The molecule has 2 heterocycles. The Hall–Kier alpha value is -0.510. The van der Waals surface area contributed by atoms with Gasteiger partial charge in [-0.25, -0.2) is 0 Å². The highest BCUT2D eigenvalue weighted by Crippen LogP contribution is 2.39. The molecule has 20 heavy (non-hydrogen) atoms. The fraction of sp³-hybridized carbons (Fsp3) is 0.647. The molecule has 2 aliphatic rings. The number of thioether (sulfide) groups is 1. The van der Waals surface area contributed by atoms with Gasteiger partial charge in [0.1, 0.15) is 0 Å².